The van der Waals surface area contributed by atoms with Crippen molar-refractivity contribution in [1.29, 1.82) is 0 Å². The van der Waals surface area contributed by atoms with Gasteiger partial charge in [-0.2, -0.15) is 0 Å². The number of benzene rings is 1. The van der Waals surface area contributed by atoms with Gasteiger partial charge in [-0.05, 0) is 44.4 Å². The highest BCUT2D eigenvalue weighted by molar-refractivity contribution is 6.02. The van der Waals surface area contributed by atoms with E-state index >= 15 is 0 Å². The molecular weight excluding hydrogens is 340 g/mol. The average molecular weight is 366 g/mol. The quantitative estimate of drug-likeness (QED) is 0.472. The molecule has 1 amide bonds. The van der Waals surface area contributed by atoms with Crippen molar-refractivity contribution in [1.82, 2.24) is 19.9 Å². The summed E-state index contributed by atoms with van der Waals surface area (Å²) in [4.78, 5) is 32.1. The van der Waals surface area contributed by atoms with Gasteiger partial charge in [0.15, 0.2) is 5.78 Å². The number of aromatic nitrogens is 3. The molecule has 6 heteroatoms. The van der Waals surface area contributed by atoms with Crippen LogP contribution in [0.5, 0.6) is 0 Å². The molecule has 1 aromatic carbocycles. The highest BCUT2D eigenvalue weighted by Gasteiger charge is 2.21. The maximum Gasteiger partial charge on any atom is 0.268 e. The monoisotopic (exact) mass is 366 g/mol. The molecule has 0 bridgehead atoms. The number of fused-ring (bicyclic) bond motifs is 1. The lowest BCUT2D eigenvalue weighted by Crippen LogP contribution is -2.26. The Hall–Kier alpha value is -2.89. The molecule has 0 saturated carbocycles. The number of ketones is 1. The lowest BCUT2D eigenvalue weighted by Gasteiger charge is -2.08. The molecule has 3 aromatic rings. The summed E-state index contributed by atoms with van der Waals surface area (Å²) in [6, 6.07) is 8.01. The van der Waals surface area contributed by atoms with Crippen molar-refractivity contribution in [2.45, 2.75) is 46.6 Å². The Morgan fingerprint density at radius 1 is 1.26 bits per heavy atom. The normalized spacial score (nSPS) is 11.1. The molecule has 0 unspecified atom stereocenters. The van der Waals surface area contributed by atoms with Crippen molar-refractivity contribution >= 4 is 22.7 Å². The van der Waals surface area contributed by atoms with Crippen molar-refractivity contribution in [3.05, 3.63) is 53.1 Å². The Morgan fingerprint density at radius 3 is 2.78 bits per heavy atom. The van der Waals surface area contributed by atoms with Crippen molar-refractivity contribution in [3.8, 4) is 0 Å². The Balaban J connectivity index is 1.62. The Labute approximate surface area is 159 Å². The van der Waals surface area contributed by atoms with Crippen LogP contribution in [0.4, 0.5) is 0 Å². The summed E-state index contributed by atoms with van der Waals surface area (Å²) in [6.45, 7) is 6.78. The number of amides is 1. The van der Waals surface area contributed by atoms with E-state index in [1.807, 2.05) is 44.4 Å². The van der Waals surface area contributed by atoms with Crippen molar-refractivity contribution in [2.24, 2.45) is 0 Å². The number of nitrogens with one attached hydrogen (secondary N) is 2. The number of H-pyrrole nitrogens is 1. The van der Waals surface area contributed by atoms with Crippen LogP contribution in [0, 0.1) is 6.92 Å². The minimum absolute atomic E-state index is 0.00163. The zero-order valence-electron chi connectivity index (χ0n) is 16.1. The molecule has 0 fully saturated rings. The fraction of sp³-hybridized carbons (Fsp3) is 0.381. The summed E-state index contributed by atoms with van der Waals surface area (Å²) in [6.07, 6.45) is 4.22. The van der Waals surface area contributed by atoms with Crippen LogP contribution in [0.2, 0.25) is 0 Å². The maximum atomic E-state index is 12.6. The number of nitrogens with zero attached hydrogens (tertiary/aromatic N) is 2. The van der Waals surface area contributed by atoms with Gasteiger partial charge in [-0.3, -0.25) is 9.59 Å². The van der Waals surface area contributed by atoms with Crippen LogP contribution >= 0.6 is 0 Å². The summed E-state index contributed by atoms with van der Waals surface area (Å²) in [7, 11) is 0. The molecule has 0 saturated heterocycles. The minimum atomic E-state index is -0.149. The summed E-state index contributed by atoms with van der Waals surface area (Å²) in [5.74, 6) is -0.150. The standard InChI is InChI=1S/C21H26N4O2/c1-4-8-16-19(15(3)26)14(2)24-20(16)21(27)22-11-7-12-25-13-23-17-9-5-6-10-18(17)25/h5-6,9-10,13,24H,4,7-8,11-12H2,1-3H3,(H,22,27). The van der Waals surface area contributed by atoms with E-state index in [0.717, 1.165) is 41.7 Å². The van der Waals surface area contributed by atoms with E-state index in [9.17, 15) is 9.59 Å². The van der Waals surface area contributed by atoms with Crippen molar-refractivity contribution in [3.63, 3.8) is 0 Å². The van der Waals surface area contributed by atoms with Crippen LogP contribution in [0.15, 0.2) is 30.6 Å². The average Bonchev–Trinajstić information content (AvgIpc) is 3.20. The second-order valence-electron chi connectivity index (χ2n) is 6.82. The lowest BCUT2D eigenvalue weighted by atomic mass is 10.0. The van der Waals surface area contributed by atoms with E-state index in [1.165, 1.54) is 0 Å². The van der Waals surface area contributed by atoms with E-state index in [2.05, 4.69) is 19.9 Å². The molecule has 0 aliphatic carbocycles. The molecule has 142 valence electrons. The SMILES string of the molecule is CCCc1c(C(=O)NCCCn2cnc3ccccc32)[nH]c(C)c1C(C)=O. The minimum Gasteiger partial charge on any atom is -0.354 e. The number of imidazole rings is 1. The number of rotatable bonds is 8. The number of carbonyl (C=O) groups excluding carboxylic acids is 2. The fourth-order valence-electron chi connectivity index (χ4n) is 3.58. The summed E-state index contributed by atoms with van der Waals surface area (Å²) in [5, 5.41) is 2.97. The molecule has 2 aromatic heterocycles. The van der Waals surface area contributed by atoms with Crippen LogP contribution in [0.1, 0.15) is 58.8 Å². The van der Waals surface area contributed by atoms with Crippen LogP contribution in [0.3, 0.4) is 0 Å². The molecule has 0 radical (unpaired) electrons. The molecule has 2 heterocycles. The smallest absolute Gasteiger partial charge is 0.268 e. The molecule has 2 N–H and O–H groups in total. The molecule has 0 aliphatic rings. The zero-order valence-corrected chi connectivity index (χ0v) is 16.1. The molecule has 0 atom stereocenters. The molecule has 0 spiro atoms. The third-order valence-corrected chi connectivity index (χ3v) is 4.76. The first-order valence-corrected chi connectivity index (χ1v) is 9.43. The molecule has 6 nitrogen and oxygen atoms in total. The van der Waals surface area contributed by atoms with Gasteiger partial charge in [0.25, 0.3) is 5.91 Å². The highest BCUT2D eigenvalue weighted by Crippen LogP contribution is 2.21. The maximum absolute atomic E-state index is 12.6. The van der Waals surface area contributed by atoms with Gasteiger partial charge in [0, 0.05) is 24.3 Å². The van der Waals surface area contributed by atoms with Gasteiger partial charge in [-0.15, -0.1) is 0 Å². The van der Waals surface area contributed by atoms with Gasteiger partial charge >= 0.3 is 0 Å². The largest absolute Gasteiger partial charge is 0.354 e. The van der Waals surface area contributed by atoms with Gasteiger partial charge in [0.1, 0.15) is 5.69 Å². The van der Waals surface area contributed by atoms with Crippen LogP contribution < -0.4 is 5.32 Å². The number of aromatic amines is 1. The predicted molar refractivity (Wildman–Crippen MR) is 106 cm³/mol. The van der Waals surface area contributed by atoms with E-state index in [-0.39, 0.29) is 11.7 Å². The number of para-hydroxylation sites is 2. The third-order valence-electron chi connectivity index (χ3n) is 4.76. The van der Waals surface area contributed by atoms with Crippen molar-refractivity contribution < 1.29 is 9.59 Å². The first-order valence-electron chi connectivity index (χ1n) is 9.43. The molecule has 27 heavy (non-hydrogen) atoms. The summed E-state index contributed by atoms with van der Waals surface area (Å²) < 4.78 is 2.09. The van der Waals surface area contributed by atoms with E-state index in [1.54, 1.807) is 6.92 Å². The van der Waals surface area contributed by atoms with Gasteiger partial charge in [0.2, 0.25) is 0 Å². The second-order valence-corrected chi connectivity index (χ2v) is 6.82. The highest BCUT2D eigenvalue weighted by atomic mass is 16.2. The number of hydrogen-bond donors (Lipinski definition) is 2. The third kappa shape index (κ3) is 3.94. The molecular formula is C21H26N4O2. The van der Waals surface area contributed by atoms with E-state index < -0.39 is 0 Å². The first-order chi connectivity index (χ1) is 13.0. The predicted octanol–water partition coefficient (Wildman–Crippen LogP) is 3.65. The summed E-state index contributed by atoms with van der Waals surface area (Å²) in [5.41, 5.74) is 4.85. The molecule has 3 rings (SSSR count). The lowest BCUT2D eigenvalue weighted by molar-refractivity contribution is 0.0947. The van der Waals surface area contributed by atoms with E-state index in [0.29, 0.717) is 24.2 Å². The summed E-state index contributed by atoms with van der Waals surface area (Å²) >= 11 is 0. The second kappa shape index (κ2) is 8.20. The van der Waals surface area contributed by atoms with Gasteiger partial charge in [-0.1, -0.05) is 25.5 Å². The number of carbonyl (C=O) groups is 2. The Bertz CT molecular complexity index is 968. The van der Waals surface area contributed by atoms with Crippen molar-refractivity contribution in [2.75, 3.05) is 6.54 Å². The van der Waals surface area contributed by atoms with Gasteiger partial charge < -0.3 is 14.9 Å². The number of hydrogen-bond acceptors (Lipinski definition) is 3. The van der Waals surface area contributed by atoms with Crippen LogP contribution in [-0.2, 0) is 13.0 Å². The number of Topliss-reactive ketones (excluding diaryl/α,β-unsaturated/α-hetero) is 1. The van der Waals surface area contributed by atoms with Gasteiger partial charge in [0.05, 0.1) is 17.4 Å². The zero-order chi connectivity index (χ0) is 19.4. The van der Waals surface area contributed by atoms with Crippen LogP contribution in [-0.4, -0.2) is 32.8 Å². The molecule has 0 aliphatic heterocycles. The van der Waals surface area contributed by atoms with Crippen LogP contribution in [0.25, 0.3) is 11.0 Å². The fourth-order valence-corrected chi connectivity index (χ4v) is 3.58. The Morgan fingerprint density at radius 2 is 2.04 bits per heavy atom. The number of aryl methyl sites for hydroxylation is 2. The first kappa shape index (κ1) is 18.9. The van der Waals surface area contributed by atoms with E-state index in [4.69, 9.17) is 0 Å². The topological polar surface area (TPSA) is 79.8 Å². The van der Waals surface area contributed by atoms with Gasteiger partial charge in [-0.25, -0.2) is 4.98 Å². The Kier molecular flexibility index (Phi) is 5.74.